The first-order valence-corrected chi connectivity index (χ1v) is 7.06. The summed E-state index contributed by atoms with van der Waals surface area (Å²) in [4.78, 5) is 6.67. The Morgan fingerprint density at radius 1 is 1.10 bits per heavy atom. The molecule has 0 radical (unpaired) electrons. The van der Waals surface area contributed by atoms with E-state index in [1.54, 1.807) is 0 Å². The van der Waals surface area contributed by atoms with Crippen molar-refractivity contribution in [3.05, 3.63) is 53.2 Å². The predicted molar refractivity (Wildman–Crippen MR) is 86.4 cm³/mol. The van der Waals surface area contributed by atoms with Crippen LogP contribution in [0.25, 0.3) is 0 Å². The Balaban J connectivity index is 2.08. The number of aryl methyl sites for hydroxylation is 2. The molecule has 0 unspecified atom stereocenters. The molecule has 106 valence electrons. The fourth-order valence-corrected chi connectivity index (χ4v) is 2.34. The van der Waals surface area contributed by atoms with Crippen molar-refractivity contribution in [3.8, 4) is 0 Å². The van der Waals surface area contributed by atoms with Crippen molar-refractivity contribution in [1.82, 2.24) is 4.98 Å². The van der Waals surface area contributed by atoms with E-state index in [9.17, 15) is 0 Å². The van der Waals surface area contributed by atoms with Gasteiger partial charge in [0.05, 0.1) is 0 Å². The molecule has 2 aromatic rings. The maximum atomic E-state index is 4.41. The second kappa shape index (κ2) is 6.42. The first kappa shape index (κ1) is 14.4. The van der Waals surface area contributed by atoms with Gasteiger partial charge in [0.25, 0.3) is 0 Å². The molecule has 1 heterocycles. The molecule has 0 aliphatic heterocycles. The Morgan fingerprint density at radius 2 is 1.80 bits per heavy atom. The van der Waals surface area contributed by atoms with E-state index in [0.29, 0.717) is 0 Å². The minimum absolute atomic E-state index is 0.863. The highest BCUT2D eigenvalue weighted by molar-refractivity contribution is 5.50. The third kappa shape index (κ3) is 3.73. The minimum Gasteiger partial charge on any atom is -0.370 e. The molecule has 0 bridgehead atoms. The fraction of sp³-hybridized carbons (Fsp3) is 0.353. The Labute approximate surface area is 121 Å². The van der Waals surface area contributed by atoms with Crippen LogP contribution in [0.3, 0.4) is 0 Å². The largest absolute Gasteiger partial charge is 0.370 e. The topological polar surface area (TPSA) is 28.2 Å². The number of benzene rings is 1. The van der Waals surface area contributed by atoms with Crippen LogP contribution in [0, 0.1) is 13.8 Å². The summed E-state index contributed by atoms with van der Waals surface area (Å²) in [5, 5.41) is 3.21. The van der Waals surface area contributed by atoms with E-state index in [4.69, 9.17) is 0 Å². The van der Waals surface area contributed by atoms with Crippen molar-refractivity contribution < 1.29 is 0 Å². The maximum absolute atomic E-state index is 4.41. The quantitative estimate of drug-likeness (QED) is 0.895. The van der Waals surface area contributed by atoms with Crippen LogP contribution in [0.4, 0.5) is 11.5 Å². The summed E-state index contributed by atoms with van der Waals surface area (Å²) in [6.07, 6.45) is 1.94. The molecule has 20 heavy (non-hydrogen) atoms. The van der Waals surface area contributed by atoms with Gasteiger partial charge in [0.2, 0.25) is 0 Å². The van der Waals surface area contributed by atoms with Gasteiger partial charge in [-0.3, -0.25) is 0 Å². The average molecular weight is 269 g/mol. The summed E-state index contributed by atoms with van der Waals surface area (Å²) in [6, 6.07) is 10.8. The smallest absolute Gasteiger partial charge is 0.125 e. The molecule has 0 saturated carbocycles. The van der Waals surface area contributed by atoms with Gasteiger partial charge >= 0.3 is 0 Å². The normalized spacial score (nSPS) is 10.4. The first-order valence-electron chi connectivity index (χ1n) is 7.06. The highest BCUT2D eigenvalue weighted by atomic mass is 15.1. The Hall–Kier alpha value is -2.03. The molecule has 3 heteroatoms. The molecule has 0 aliphatic rings. The summed E-state index contributed by atoms with van der Waals surface area (Å²) < 4.78 is 0. The zero-order chi connectivity index (χ0) is 14.5. The molecule has 1 aromatic heterocycles. The summed E-state index contributed by atoms with van der Waals surface area (Å²) in [5.41, 5.74) is 5.06. The Kier molecular flexibility index (Phi) is 4.61. The summed E-state index contributed by atoms with van der Waals surface area (Å²) >= 11 is 0. The van der Waals surface area contributed by atoms with Gasteiger partial charge in [0.1, 0.15) is 5.82 Å². The lowest BCUT2D eigenvalue weighted by Crippen LogP contribution is -2.16. The van der Waals surface area contributed by atoms with Gasteiger partial charge in [-0.15, -0.1) is 0 Å². The van der Waals surface area contributed by atoms with Crippen LogP contribution in [-0.2, 0) is 6.54 Å². The summed E-state index contributed by atoms with van der Waals surface area (Å²) in [7, 11) is 2.12. The summed E-state index contributed by atoms with van der Waals surface area (Å²) in [5.74, 6) is 0.935. The molecule has 0 aliphatic carbocycles. The van der Waals surface area contributed by atoms with E-state index >= 15 is 0 Å². The Bertz CT molecular complexity index is 541. The molecule has 1 aromatic carbocycles. The van der Waals surface area contributed by atoms with E-state index in [1.165, 1.54) is 22.4 Å². The van der Waals surface area contributed by atoms with Gasteiger partial charge < -0.3 is 10.2 Å². The second-order valence-corrected chi connectivity index (χ2v) is 5.28. The van der Waals surface area contributed by atoms with Crippen LogP contribution in [-0.4, -0.2) is 18.6 Å². The van der Waals surface area contributed by atoms with Crippen LogP contribution >= 0.6 is 0 Å². The highest BCUT2D eigenvalue weighted by Crippen LogP contribution is 2.19. The van der Waals surface area contributed by atoms with Crippen molar-refractivity contribution in [1.29, 1.82) is 0 Å². The number of nitrogens with zero attached hydrogens (tertiary/aromatic N) is 2. The van der Waals surface area contributed by atoms with Gasteiger partial charge in [0, 0.05) is 32.0 Å². The predicted octanol–water partition coefficient (Wildman–Crippen LogP) is 3.77. The van der Waals surface area contributed by atoms with Gasteiger partial charge in [-0.2, -0.15) is 0 Å². The Morgan fingerprint density at radius 3 is 2.35 bits per heavy atom. The van der Waals surface area contributed by atoms with Gasteiger partial charge in [-0.25, -0.2) is 4.98 Å². The van der Waals surface area contributed by atoms with Crippen molar-refractivity contribution >= 4 is 11.5 Å². The van der Waals surface area contributed by atoms with E-state index in [-0.39, 0.29) is 0 Å². The van der Waals surface area contributed by atoms with E-state index < -0.39 is 0 Å². The number of nitrogens with one attached hydrogen (secondary N) is 1. The monoisotopic (exact) mass is 269 g/mol. The molecule has 0 amide bonds. The van der Waals surface area contributed by atoms with Gasteiger partial charge in [-0.05, 0) is 55.7 Å². The number of hydrogen-bond donors (Lipinski definition) is 1. The van der Waals surface area contributed by atoms with Crippen molar-refractivity contribution in [3.63, 3.8) is 0 Å². The van der Waals surface area contributed by atoms with Gasteiger partial charge in [-0.1, -0.05) is 12.1 Å². The standard InChI is InChI=1S/C17H23N3/c1-5-18-17-7-6-15(11-19-17)12-20(4)16-9-13(2)8-14(3)10-16/h6-11H,5,12H2,1-4H3,(H,18,19). The average Bonchev–Trinajstić information content (AvgIpc) is 2.40. The molecule has 0 fully saturated rings. The van der Waals surface area contributed by atoms with E-state index in [2.05, 4.69) is 67.3 Å². The minimum atomic E-state index is 0.863. The fourth-order valence-electron chi connectivity index (χ4n) is 2.34. The summed E-state index contributed by atoms with van der Waals surface area (Å²) in [6.45, 7) is 8.11. The zero-order valence-corrected chi connectivity index (χ0v) is 12.8. The number of rotatable bonds is 5. The lowest BCUT2D eigenvalue weighted by atomic mass is 10.1. The maximum Gasteiger partial charge on any atom is 0.125 e. The van der Waals surface area contributed by atoms with Crippen LogP contribution in [0.15, 0.2) is 36.5 Å². The molecule has 0 atom stereocenters. The number of aromatic nitrogens is 1. The SMILES string of the molecule is CCNc1ccc(CN(C)c2cc(C)cc(C)c2)cn1. The second-order valence-electron chi connectivity index (χ2n) is 5.28. The molecular weight excluding hydrogens is 246 g/mol. The number of hydrogen-bond acceptors (Lipinski definition) is 3. The van der Waals surface area contributed by atoms with Crippen molar-refractivity contribution in [2.24, 2.45) is 0 Å². The lowest BCUT2D eigenvalue weighted by Gasteiger charge is -2.20. The van der Waals surface area contributed by atoms with Crippen molar-refractivity contribution in [2.75, 3.05) is 23.8 Å². The van der Waals surface area contributed by atoms with Gasteiger partial charge in [0.15, 0.2) is 0 Å². The molecule has 0 saturated heterocycles. The van der Waals surface area contributed by atoms with Crippen LogP contribution in [0.1, 0.15) is 23.6 Å². The zero-order valence-electron chi connectivity index (χ0n) is 12.8. The van der Waals surface area contributed by atoms with Crippen LogP contribution < -0.4 is 10.2 Å². The van der Waals surface area contributed by atoms with Crippen molar-refractivity contribution in [2.45, 2.75) is 27.3 Å². The van der Waals surface area contributed by atoms with Crippen LogP contribution in [0.5, 0.6) is 0 Å². The first-order chi connectivity index (χ1) is 9.58. The third-order valence-electron chi connectivity index (χ3n) is 3.25. The number of pyridine rings is 1. The molecule has 1 N–H and O–H groups in total. The highest BCUT2D eigenvalue weighted by Gasteiger charge is 2.04. The third-order valence-corrected chi connectivity index (χ3v) is 3.25. The molecule has 2 rings (SSSR count). The molecule has 3 nitrogen and oxygen atoms in total. The molecule has 0 spiro atoms. The number of anilines is 2. The molecular formula is C17H23N3. The van der Waals surface area contributed by atoms with Crippen LogP contribution in [0.2, 0.25) is 0 Å². The van der Waals surface area contributed by atoms with E-state index in [1.807, 2.05) is 12.3 Å². The lowest BCUT2D eigenvalue weighted by molar-refractivity contribution is 0.913. The van der Waals surface area contributed by atoms with E-state index in [0.717, 1.165) is 18.9 Å².